The summed E-state index contributed by atoms with van der Waals surface area (Å²) >= 11 is 0. The van der Waals surface area contributed by atoms with Crippen molar-refractivity contribution in [2.45, 2.75) is 354 Å². The summed E-state index contributed by atoms with van der Waals surface area (Å²) in [5.41, 5.74) is 0. The molecular weight excluding hydrogens is 1280 g/mol. The predicted molar refractivity (Wildman–Crippen MR) is 399 cm³/mol. The van der Waals surface area contributed by atoms with Gasteiger partial charge in [0.1, 0.15) is 19.3 Å². The van der Waals surface area contributed by atoms with Crippen molar-refractivity contribution < 1.29 is 80.2 Å². The van der Waals surface area contributed by atoms with Crippen molar-refractivity contribution in [3.05, 3.63) is 85.1 Å². The minimum atomic E-state index is -4.98. The van der Waals surface area contributed by atoms with Gasteiger partial charge in [-0.3, -0.25) is 37.3 Å². The highest BCUT2D eigenvalue weighted by molar-refractivity contribution is 7.47. The molecule has 5 atom stereocenters. The quantitative estimate of drug-likeness (QED) is 0.0169. The van der Waals surface area contributed by atoms with E-state index in [0.29, 0.717) is 25.7 Å². The van der Waals surface area contributed by atoms with Gasteiger partial charge >= 0.3 is 39.5 Å². The summed E-state index contributed by atoms with van der Waals surface area (Å²) in [4.78, 5) is 72.8. The maximum absolute atomic E-state index is 13.1. The van der Waals surface area contributed by atoms with Gasteiger partial charge in [0.25, 0.3) is 0 Å². The van der Waals surface area contributed by atoms with Crippen molar-refractivity contribution in [2.24, 2.45) is 0 Å². The Labute approximate surface area is 595 Å². The van der Waals surface area contributed by atoms with Crippen molar-refractivity contribution in [3.8, 4) is 0 Å². The van der Waals surface area contributed by atoms with E-state index in [1.54, 1.807) is 0 Å². The van der Waals surface area contributed by atoms with Gasteiger partial charge in [0, 0.05) is 25.7 Å². The highest BCUT2D eigenvalue weighted by Crippen LogP contribution is 2.45. The molecule has 0 spiro atoms. The lowest BCUT2D eigenvalue weighted by Crippen LogP contribution is -2.30. The summed E-state index contributed by atoms with van der Waals surface area (Å²) in [7, 11) is -9.95. The summed E-state index contributed by atoms with van der Waals surface area (Å²) in [6.07, 6.45) is 72.8. The van der Waals surface area contributed by atoms with Gasteiger partial charge in [-0.2, -0.15) is 0 Å². The van der Waals surface area contributed by atoms with Crippen molar-refractivity contribution in [3.63, 3.8) is 0 Å². The molecule has 0 fully saturated rings. The molecule has 0 radical (unpaired) electrons. The molecular formula is C79H140O17P2. The summed E-state index contributed by atoms with van der Waals surface area (Å²) in [6.45, 7) is 4.73. The van der Waals surface area contributed by atoms with Crippen molar-refractivity contribution in [2.75, 3.05) is 39.6 Å². The predicted octanol–water partition coefficient (Wildman–Crippen LogP) is 22.2. The molecule has 0 aliphatic heterocycles. The Morgan fingerprint density at radius 3 is 0.827 bits per heavy atom. The molecule has 0 heterocycles. The second kappa shape index (κ2) is 71.6. The van der Waals surface area contributed by atoms with Crippen LogP contribution in [0, 0.1) is 0 Å². The van der Waals surface area contributed by atoms with Crippen LogP contribution >= 0.6 is 15.6 Å². The Morgan fingerprint density at radius 2 is 0.520 bits per heavy atom. The Kier molecular flexibility index (Phi) is 68.9. The van der Waals surface area contributed by atoms with E-state index in [1.165, 1.54) is 77.0 Å². The third-order valence-corrected chi connectivity index (χ3v) is 18.2. The number of aliphatic hydroxyl groups is 1. The average Bonchev–Trinajstić information content (AvgIpc) is 0.982. The molecule has 19 heteroatoms. The zero-order chi connectivity index (χ0) is 71.8. The Hall–Kier alpha value is -3.76. The molecule has 0 saturated carbocycles. The second-order valence-electron chi connectivity index (χ2n) is 25.9. The number of hydrogen-bond acceptors (Lipinski definition) is 15. The maximum atomic E-state index is 13.1. The number of phosphoric acid groups is 2. The molecule has 0 aromatic heterocycles. The van der Waals surface area contributed by atoms with Crippen LogP contribution in [0.15, 0.2) is 85.1 Å². The van der Waals surface area contributed by atoms with Gasteiger partial charge in [-0.25, -0.2) is 9.13 Å². The zero-order valence-electron chi connectivity index (χ0n) is 62.0. The molecule has 0 aliphatic rings. The van der Waals surface area contributed by atoms with E-state index < -0.39 is 97.5 Å². The van der Waals surface area contributed by atoms with E-state index in [9.17, 15) is 43.2 Å². The van der Waals surface area contributed by atoms with Gasteiger partial charge < -0.3 is 33.8 Å². The molecule has 0 amide bonds. The number of aliphatic hydroxyl groups excluding tert-OH is 1. The standard InChI is InChI=1S/C79H140O17P2/c1-5-9-13-17-21-25-29-32-34-35-36-37-39-42-45-48-52-56-60-64-77(82)89-69-74(95-78(83)65-61-57-53-49-43-28-24-20-16-12-8-4)71-93-97(85,86)91-67-73(80)68-92-98(87,88)94-72-75(96-79(84)66-62-58-54-50-46-40-31-27-23-19-15-11-7-3)70-90-76(81)63-59-55-51-47-44-41-38-33-30-26-22-18-14-10-6-2/h15,19,21-22,25-27,31-34,36-38,73-75,80H,5-14,16-18,20,23-24,28-30,35,39-72H2,1-4H3,(H,85,86)(H,87,88)/b19-15-,25-21-,26-22-,31-27-,34-32-,37-36-,38-33-. The second-order valence-corrected chi connectivity index (χ2v) is 28.9. The van der Waals surface area contributed by atoms with Gasteiger partial charge in [-0.05, 0) is 122 Å². The van der Waals surface area contributed by atoms with Crippen LogP contribution in [0.4, 0.5) is 0 Å². The lowest BCUT2D eigenvalue weighted by atomic mass is 10.1. The van der Waals surface area contributed by atoms with Crippen molar-refractivity contribution in [1.29, 1.82) is 0 Å². The van der Waals surface area contributed by atoms with E-state index in [4.69, 9.17) is 37.0 Å². The van der Waals surface area contributed by atoms with E-state index in [2.05, 4.69) is 113 Å². The molecule has 0 aliphatic carbocycles. The van der Waals surface area contributed by atoms with Crippen LogP contribution in [0.1, 0.15) is 336 Å². The third kappa shape index (κ3) is 70.7. The first-order chi connectivity index (χ1) is 47.7. The van der Waals surface area contributed by atoms with Gasteiger partial charge in [0.2, 0.25) is 0 Å². The number of carbonyl (C=O) groups excluding carboxylic acids is 4. The van der Waals surface area contributed by atoms with Crippen molar-refractivity contribution >= 4 is 39.5 Å². The molecule has 0 saturated heterocycles. The minimum Gasteiger partial charge on any atom is -0.462 e. The number of rotatable bonds is 73. The number of esters is 4. The van der Waals surface area contributed by atoms with Gasteiger partial charge in [-0.15, -0.1) is 0 Å². The number of allylic oxidation sites excluding steroid dienone is 14. The van der Waals surface area contributed by atoms with E-state index in [1.807, 2.05) is 0 Å². The fourth-order valence-electron chi connectivity index (χ4n) is 10.4. The lowest BCUT2D eigenvalue weighted by molar-refractivity contribution is -0.161. The first-order valence-corrected chi connectivity index (χ1v) is 41.8. The fourth-order valence-corrected chi connectivity index (χ4v) is 11.9. The lowest BCUT2D eigenvalue weighted by Gasteiger charge is -2.21. The van der Waals surface area contributed by atoms with E-state index in [-0.39, 0.29) is 25.7 Å². The smallest absolute Gasteiger partial charge is 0.462 e. The van der Waals surface area contributed by atoms with Gasteiger partial charge in [0.15, 0.2) is 12.2 Å². The number of unbranched alkanes of at least 4 members (excludes halogenated alkanes) is 33. The zero-order valence-corrected chi connectivity index (χ0v) is 63.7. The Bertz CT molecular complexity index is 2190. The SMILES string of the molecule is CCC/C=C\C/C=C\CCCCCCCC(=O)OC(COC(=O)CCCCCCC/C=C\C/C=C\CCCCC)COP(=O)(O)OCC(O)COP(=O)(O)OCC(COC(=O)CCCCCCCC/C=C\C/C=C\C/C=C\CCCCC)OC(=O)CCCCCCCCCCCCC. The fraction of sp³-hybridized carbons (Fsp3) is 0.772. The van der Waals surface area contributed by atoms with Crippen LogP contribution in [-0.4, -0.2) is 96.7 Å². The molecule has 568 valence electrons. The van der Waals surface area contributed by atoms with Crippen LogP contribution in [0.2, 0.25) is 0 Å². The molecule has 3 N–H and O–H groups in total. The van der Waals surface area contributed by atoms with Crippen LogP contribution < -0.4 is 0 Å². The normalized spacial score (nSPS) is 14.4. The number of hydrogen-bond donors (Lipinski definition) is 3. The van der Waals surface area contributed by atoms with Crippen LogP contribution in [-0.2, 0) is 65.4 Å². The first kappa shape index (κ1) is 94.2. The summed E-state index contributed by atoms with van der Waals surface area (Å²) in [5.74, 6) is -2.20. The minimum absolute atomic E-state index is 0.0770. The Morgan fingerprint density at radius 1 is 0.286 bits per heavy atom. The van der Waals surface area contributed by atoms with E-state index >= 15 is 0 Å². The first-order valence-electron chi connectivity index (χ1n) is 38.8. The average molecular weight is 1420 g/mol. The largest absolute Gasteiger partial charge is 0.472 e. The molecule has 0 aromatic carbocycles. The Balaban J connectivity index is 5.31. The monoisotopic (exact) mass is 1420 g/mol. The number of carbonyl (C=O) groups is 4. The third-order valence-electron chi connectivity index (χ3n) is 16.3. The van der Waals surface area contributed by atoms with Gasteiger partial charge in [-0.1, -0.05) is 273 Å². The topological polar surface area (TPSA) is 237 Å². The van der Waals surface area contributed by atoms with Crippen molar-refractivity contribution in [1.82, 2.24) is 0 Å². The van der Waals surface area contributed by atoms with Crippen LogP contribution in [0.5, 0.6) is 0 Å². The highest BCUT2D eigenvalue weighted by Gasteiger charge is 2.30. The number of phosphoric ester groups is 2. The maximum Gasteiger partial charge on any atom is 0.472 e. The highest BCUT2D eigenvalue weighted by atomic mass is 31.2. The molecule has 0 bridgehead atoms. The van der Waals surface area contributed by atoms with E-state index in [0.717, 1.165) is 180 Å². The molecule has 98 heavy (non-hydrogen) atoms. The van der Waals surface area contributed by atoms with Crippen LogP contribution in [0.25, 0.3) is 0 Å². The summed E-state index contributed by atoms with van der Waals surface area (Å²) < 4.78 is 68.4. The number of ether oxygens (including phenoxy) is 4. The summed E-state index contributed by atoms with van der Waals surface area (Å²) in [6, 6.07) is 0. The van der Waals surface area contributed by atoms with Gasteiger partial charge in [0.05, 0.1) is 26.4 Å². The molecule has 5 unspecified atom stereocenters. The molecule has 17 nitrogen and oxygen atoms in total. The summed E-state index contributed by atoms with van der Waals surface area (Å²) in [5, 5.41) is 10.6. The molecule has 0 aromatic rings. The molecule has 0 rings (SSSR count). The van der Waals surface area contributed by atoms with Crippen LogP contribution in [0.3, 0.4) is 0 Å².